The summed E-state index contributed by atoms with van der Waals surface area (Å²) in [6, 6.07) is 19.5. The highest BCUT2D eigenvalue weighted by Crippen LogP contribution is 2.51. The van der Waals surface area contributed by atoms with Gasteiger partial charge in [0.05, 0.1) is 34.9 Å². The number of likely N-dealkylation sites (N-methyl/N-ethyl adjacent to an activating group) is 2. The number of nitrogens with two attached hydrogens (primary N) is 1. The van der Waals surface area contributed by atoms with Gasteiger partial charge in [0.15, 0.2) is 34.8 Å². The van der Waals surface area contributed by atoms with Crippen molar-refractivity contribution in [3.8, 4) is 40.2 Å². The van der Waals surface area contributed by atoms with Gasteiger partial charge in [0.2, 0.25) is 0 Å². The number of benzene rings is 4. The van der Waals surface area contributed by atoms with Crippen LogP contribution in [0.5, 0.6) is 40.2 Å². The first-order valence-corrected chi connectivity index (χ1v) is 17.7. The SMILES string of the molecule is CCC(C(=O)O)[N+]1(C)CCc2cc(OC)c3cc2C1Cc1ccc(cc1)Oc1cc(ccc1OC)CC1c2c(cc(OC)c(N)c2O3)CCN1C. The second kappa shape index (κ2) is 13.7. The third kappa shape index (κ3) is 6.10. The van der Waals surface area contributed by atoms with Crippen LogP contribution in [0.1, 0.15) is 58.8 Å². The van der Waals surface area contributed by atoms with Crippen molar-refractivity contribution >= 4 is 11.7 Å². The third-order valence-electron chi connectivity index (χ3n) is 11.4. The van der Waals surface area contributed by atoms with E-state index in [-0.39, 0.29) is 12.1 Å². The first-order chi connectivity index (χ1) is 24.6. The van der Waals surface area contributed by atoms with E-state index in [0.29, 0.717) is 82.6 Å². The Morgan fingerprint density at radius 1 is 0.902 bits per heavy atom. The quantitative estimate of drug-likeness (QED) is 0.161. The number of nitrogen functional groups attached to an aromatic ring is 1. The van der Waals surface area contributed by atoms with E-state index >= 15 is 0 Å². The third-order valence-corrected chi connectivity index (χ3v) is 11.4. The van der Waals surface area contributed by atoms with Crippen LogP contribution in [-0.2, 0) is 30.5 Å². The molecule has 0 spiro atoms. The molecule has 0 aromatic heterocycles. The number of carbonyl (C=O) groups is 1. The van der Waals surface area contributed by atoms with E-state index in [1.807, 2.05) is 37.3 Å². The van der Waals surface area contributed by atoms with Gasteiger partial charge in [0, 0.05) is 43.0 Å². The Balaban J connectivity index is 1.48. The van der Waals surface area contributed by atoms with Crippen LogP contribution < -0.4 is 29.4 Å². The maximum atomic E-state index is 12.8. The van der Waals surface area contributed by atoms with Crippen LogP contribution in [0.15, 0.2) is 60.7 Å². The predicted molar refractivity (Wildman–Crippen MR) is 196 cm³/mol. The number of carboxylic acids is 1. The minimum atomic E-state index is -0.793. The molecule has 0 fully saturated rings. The molecule has 3 N–H and O–H groups in total. The number of carboxylic acid groups (broad SMARTS) is 1. The Hall–Kier alpha value is -4.93. The molecule has 4 aromatic carbocycles. The smallest absolute Gasteiger partial charge is 0.362 e. The maximum Gasteiger partial charge on any atom is 0.362 e. The van der Waals surface area contributed by atoms with Gasteiger partial charge in [-0.05, 0) is 84.6 Å². The van der Waals surface area contributed by atoms with Crippen LogP contribution in [0.3, 0.4) is 0 Å². The van der Waals surface area contributed by atoms with E-state index < -0.39 is 12.0 Å². The number of nitrogens with zero attached hydrogens (tertiary/aromatic N) is 2. The summed E-state index contributed by atoms with van der Waals surface area (Å²) in [5, 5.41) is 10.5. The number of ether oxygens (including phenoxy) is 5. The molecule has 4 aromatic rings. The second-order valence-corrected chi connectivity index (χ2v) is 14.2. The molecule has 0 saturated heterocycles. The second-order valence-electron chi connectivity index (χ2n) is 14.2. The predicted octanol–water partition coefficient (Wildman–Crippen LogP) is 7.11. The van der Waals surface area contributed by atoms with Crippen LogP contribution in [0.2, 0.25) is 0 Å². The van der Waals surface area contributed by atoms with Gasteiger partial charge in [-0.1, -0.05) is 25.1 Å². The van der Waals surface area contributed by atoms with Crippen molar-refractivity contribution in [2.24, 2.45) is 0 Å². The Bertz CT molecular complexity index is 1960. The summed E-state index contributed by atoms with van der Waals surface area (Å²) in [7, 11) is 9.13. The van der Waals surface area contributed by atoms with Crippen LogP contribution in [0, 0.1) is 0 Å². The monoisotopic (exact) mass is 694 g/mol. The first-order valence-electron chi connectivity index (χ1n) is 17.7. The summed E-state index contributed by atoms with van der Waals surface area (Å²) in [6.07, 6.45) is 3.29. The fraction of sp³-hybridized carbons (Fsp3) is 0.390. The fourth-order valence-corrected chi connectivity index (χ4v) is 8.56. The lowest BCUT2D eigenvalue weighted by atomic mass is 9.84. The standard InChI is InChI=1S/C41H47N3O7/c1-7-31(41(45)46)44(3)17-15-26-21-34(48-5)36-23-29(26)32(44)19-24-8-11-28(12-9-24)50-35-20-25(10-13-33(35)47-4)18-30-38-27(14-16-43(30)2)22-37(49-6)39(42)40(38)51-36/h8-13,20-23,30-32H,7,14-19,42H2,1-6H3/p+1. The zero-order valence-electron chi connectivity index (χ0n) is 30.3. The Kier molecular flexibility index (Phi) is 9.24. The van der Waals surface area contributed by atoms with Crippen LogP contribution in [0.4, 0.5) is 5.69 Å². The summed E-state index contributed by atoms with van der Waals surface area (Å²) in [6.45, 7) is 3.48. The zero-order valence-corrected chi connectivity index (χ0v) is 30.3. The van der Waals surface area contributed by atoms with Crippen molar-refractivity contribution in [3.63, 3.8) is 0 Å². The van der Waals surface area contributed by atoms with Crippen molar-refractivity contribution in [2.75, 3.05) is 54.2 Å². The Morgan fingerprint density at radius 3 is 2.27 bits per heavy atom. The van der Waals surface area contributed by atoms with Crippen LogP contribution >= 0.6 is 0 Å². The highest BCUT2D eigenvalue weighted by molar-refractivity contribution is 5.72. The normalized spacial score (nSPS) is 21.6. The summed E-state index contributed by atoms with van der Waals surface area (Å²) in [5.41, 5.74) is 13.8. The van der Waals surface area contributed by atoms with Crippen molar-refractivity contribution in [3.05, 3.63) is 94.0 Å². The van der Waals surface area contributed by atoms with Gasteiger partial charge in [-0.15, -0.1) is 0 Å². The lowest BCUT2D eigenvalue weighted by Crippen LogP contribution is -2.60. The zero-order chi connectivity index (χ0) is 36.0. The lowest BCUT2D eigenvalue weighted by molar-refractivity contribution is -0.956. The summed E-state index contributed by atoms with van der Waals surface area (Å²) >= 11 is 0. The number of anilines is 1. The topological polar surface area (TPSA) is 113 Å². The van der Waals surface area contributed by atoms with E-state index in [4.69, 9.17) is 29.4 Å². The molecule has 4 atom stereocenters. The average molecular weight is 695 g/mol. The molecule has 10 heteroatoms. The molecule has 10 nitrogen and oxygen atoms in total. The molecule has 4 unspecified atom stereocenters. The fourth-order valence-electron chi connectivity index (χ4n) is 8.56. The van der Waals surface area contributed by atoms with Gasteiger partial charge in [-0.25, -0.2) is 4.79 Å². The van der Waals surface area contributed by atoms with Gasteiger partial charge in [0.25, 0.3) is 0 Å². The number of methoxy groups -OCH3 is 3. The van der Waals surface area contributed by atoms with E-state index in [2.05, 4.69) is 49.3 Å². The van der Waals surface area contributed by atoms with Crippen molar-refractivity contribution in [2.45, 2.75) is 57.2 Å². The minimum Gasteiger partial charge on any atom is -0.494 e. The number of hydrogen-bond donors (Lipinski definition) is 2. The molecule has 0 aliphatic carbocycles. The van der Waals surface area contributed by atoms with Crippen LogP contribution in [-0.4, -0.2) is 75.0 Å². The molecular formula is C41H48N3O7+. The molecule has 0 amide bonds. The van der Waals surface area contributed by atoms with E-state index in [0.717, 1.165) is 46.3 Å². The summed E-state index contributed by atoms with van der Waals surface area (Å²) < 4.78 is 31.3. The minimum absolute atomic E-state index is 0.0754. The maximum absolute atomic E-state index is 12.8. The molecule has 0 radical (unpaired) electrons. The summed E-state index contributed by atoms with van der Waals surface area (Å²) in [5.74, 6) is 3.40. The van der Waals surface area contributed by atoms with Gasteiger partial charge >= 0.3 is 5.97 Å². The van der Waals surface area contributed by atoms with Crippen LogP contribution in [0.25, 0.3) is 0 Å². The number of rotatable bonds is 6. The molecule has 51 heavy (non-hydrogen) atoms. The van der Waals surface area contributed by atoms with E-state index in [1.165, 1.54) is 0 Å². The number of aliphatic carboxylic acids is 1. The molecule has 8 rings (SSSR count). The molecular weight excluding hydrogens is 646 g/mol. The van der Waals surface area contributed by atoms with Gasteiger partial charge in [0.1, 0.15) is 23.2 Å². The molecule has 4 aliphatic heterocycles. The number of quaternary nitrogens is 1. The average Bonchev–Trinajstić information content (AvgIpc) is 3.12. The van der Waals surface area contributed by atoms with E-state index in [9.17, 15) is 9.90 Å². The molecule has 6 bridgehead atoms. The Labute approximate surface area is 299 Å². The number of fused-ring (bicyclic) bond motifs is 2. The van der Waals surface area contributed by atoms with Gasteiger partial charge in [-0.2, -0.15) is 0 Å². The van der Waals surface area contributed by atoms with Crippen molar-refractivity contribution < 1.29 is 38.1 Å². The lowest BCUT2D eigenvalue weighted by Gasteiger charge is -2.49. The molecule has 4 heterocycles. The first kappa shape index (κ1) is 34.5. The number of hydrogen-bond acceptors (Lipinski definition) is 8. The van der Waals surface area contributed by atoms with Crippen molar-refractivity contribution in [1.82, 2.24) is 4.90 Å². The highest BCUT2D eigenvalue weighted by atomic mass is 16.5. The summed E-state index contributed by atoms with van der Waals surface area (Å²) in [4.78, 5) is 15.1. The molecule has 4 aliphatic rings. The Morgan fingerprint density at radius 2 is 1.59 bits per heavy atom. The van der Waals surface area contributed by atoms with Gasteiger partial charge < -0.3 is 39.0 Å². The largest absolute Gasteiger partial charge is 0.494 e. The molecule has 0 saturated carbocycles. The molecule has 268 valence electrons. The van der Waals surface area contributed by atoms with Crippen molar-refractivity contribution in [1.29, 1.82) is 0 Å². The van der Waals surface area contributed by atoms with E-state index in [1.54, 1.807) is 21.3 Å². The van der Waals surface area contributed by atoms with Gasteiger partial charge in [-0.3, -0.25) is 4.90 Å². The highest BCUT2D eigenvalue weighted by Gasteiger charge is 2.47.